The Hall–Kier alpha value is -1.56. The van der Waals surface area contributed by atoms with E-state index in [4.69, 9.17) is 0 Å². The molecule has 1 heterocycles. The molecule has 1 saturated heterocycles. The zero-order valence-electron chi connectivity index (χ0n) is 11.2. The first-order valence-electron chi connectivity index (χ1n) is 6.47. The topological polar surface area (TPSA) is 41.1 Å². The van der Waals surface area contributed by atoms with Crippen LogP contribution in [0.2, 0.25) is 0 Å². The summed E-state index contributed by atoms with van der Waals surface area (Å²) in [4.78, 5) is 12.1. The average molecular weight is 286 g/mol. The van der Waals surface area contributed by atoms with Crippen molar-refractivity contribution >= 4 is 5.91 Å². The van der Waals surface area contributed by atoms with E-state index in [1.165, 1.54) is 18.2 Å². The number of amides is 1. The van der Waals surface area contributed by atoms with Gasteiger partial charge in [0.1, 0.15) is 0 Å². The highest BCUT2D eigenvalue weighted by atomic mass is 19.4. The fourth-order valence-corrected chi connectivity index (χ4v) is 2.35. The van der Waals surface area contributed by atoms with Crippen molar-refractivity contribution in [2.24, 2.45) is 5.41 Å². The molecular formula is C14H17F3N2O. The van der Waals surface area contributed by atoms with Gasteiger partial charge >= 0.3 is 6.18 Å². The molecular weight excluding hydrogens is 269 g/mol. The van der Waals surface area contributed by atoms with Crippen molar-refractivity contribution in [3.63, 3.8) is 0 Å². The van der Waals surface area contributed by atoms with E-state index in [2.05, 4.69) is 10.6 Å². The second kappa shape index (κ2) is 5.44. The molecule has 3 nitrogen and oxygen atoms in total. The van der Waals surface area contributed by atoms with E-state index in [0.29, 0.717) is 13.0 Å². The molecule has 6 heteroatoms. The van der Waals surface area contributed by atoms with E-state index >= 15 is 0 Å². The Morgan fingerprint density at radius 3 is 2.70 bits per heavy atom. The van der Waals surface area contributed by atoms with E-state index in [0.717, 1.165) is 12.6 Å². The fraction of sp³-hybridized carbons (Fsp3) is 0.500. The quantitative estimate of drug-likeness (QED) is 0.895. The molecule has 0 spiro atoms. The predicted octanol–water partition coefficient (Wildman–Crippen LogP) is 2.32. The van der Waals surface area contributed by atoms with Crippen LogP contribution in [0.3, 0.4) is 0 Å². The lowest BCUT2D eigenvalue weighted by atomic mass is 9.88. The van der Waals surface area contributed by atoms with Gasteiger partial charge in [-0.25, -0.2) is 0 Å². The van der Waals surface area contributed by atoms with Crippen molar-refractivity contribution in [1.29, 1.82) is 0 Å². The zero-order valence-corrected chi connectivity index (χ0v) is 11.2. The first kappa shape index (κ1) is 14.8. The summed E-state index contributed by atoms with van der Waals surface area (Å²) in [5.74, 6) is -0.209. The molecule has 1 aromatic carbocycles. The molecule has 110 valence electrons. The minimum absolute atomic E-state index is 0.0860. The maximum Gasteiger partial charge on any atom is 0.416 e. The highest BCUT2D eigenvalue weighted by Gasteiger charge is 2.37. The van der Waals surface area contributed by atoms with Gasteiger partial charge in [-0.15, -0.1) is 0 Å². The van der Waals surface area contributed by atoms with Crippen LogP contribution in [0.4, 0.5) is 13.2 Å². The van der Waals surface area contributed by atoms with Crippen molar-refractivity contribution in [2.75, 3.05) is 13.1 Å². The van der Waals surface area contributed by atoms with Gasteiger partial charge < -0.3 is 10.6 Å². The molecule has 0 aliphatic carbocycles. The summed E-state index contributed by atoms with van der Waals surface area (Å²) in [7, 11) is 0. The van der Waals surface area contributed by atoms with Crippen molar-refractivity contribution in [3.05, 3.63) is 35.4 Å². The average Bonchev–Trinajstić information content (AvgIpc) is 2.83. The Labute approximate surface area is 115 Å². The normalized spacial score (nSPS) is 22.8. The molecule has 20 heavy (non-hydrogen) atoms. The Kier molecular flexibility index (Phi) is 4.04. The molecule has 1 amide bonds. The second-order valence-corrected chi connectivity index (χ2v) is 5.33. The molecule has 1 fully saturated rings. The monoisotopic (exact) mass is 286 g/mol. The number of alkyl halides is 3. The van der Waals surface area contributed by atoms with Crippen LogP contribution in [0.5, 0.6) is 0 Å². The molecule has 1 aliphatic rings. The number of carbonyl (C=O) groups is 1. The fourth-order valence-electron chi connectivity index (χ4n) is 2.35. The van der Waals surface area contributed by atoms with Crippen molar-refractivity contribution in [3.8, 4) is 0 Å². The molecule has 1 aliphatic heterocycles. The summed E-state index contributed by atoms with van der Waals surface area (Å²) in [6, 6.07) is 5.30. The van der Waals surface area contributed by atoms with Gasteiger partial charge in [-0.05, 0) is 31.5 Å². The predicted molar refractivity (Wildman–Crippen MR) is 68.9 cm³/mol. The van der Waals surface area contributed by atoms with Crippen molar-refractivity contribution in [2.45, 2.75) is 26.1 Å². The number of hydrogen-bond donors (Lipinski definition) is 2. The van der Waals surface area contributed by atoms with Crippen LogP contribution in [-0.2, 0) is 17.5 Å². The number of halogens is 3. The largest absolute Gasteiger partial charge is 0.416 e. The van der Waals surface area contributed by atoms with Crippen LogP contribution in [0.15, 0.2) is 24.3 Å². The van der Waals surface area contributed by atoms with E-state index in [-0.39, 0.29) is 18.0 Å². The lowest BCUT2D eigenvalue weighted by molar-refractivity contribution is -0.138. The zero-order chi connectivity index (χ0) is 14.8. The standard InChI is InChI=1S/C14H17F3N2O/c1-13(6-7-18-9-13)12(20)19-8-10-4-2-3-5-11(10)14(15,16)17/h2-5,18H,6-9H2,1H3,(H,19,20). The van der Waals surface area contributed by atoms with E-state index in [1.807, 2.05) is 6.92 Å². The van der Waals surface area contributed by atoms with Crippen molar-refractivity contribution in [1.82, 2.24) is 10.6 Å². The first-order chi connectivity index (χ1) is 9.33. The van der Waals surface area contributed by atoms with E-state index in [1.54, 1.807) is 0 Å². The van der Waals surface area contributed by atoms with Crippen LogP contribution in [0.1, 0.15) is 24.5 Å². The minimum atomic E-state index is -4.40. The first-order valence-corrected chi connectivity index (χ1v) is 6.47. The Morgan fingerprint density at radius 2 is 2.10 bits per heavy atom. The van der Waals surface area contributed by atoms with Crippen LogP contribution in [0.25, 0.3) is 0 Å². The maximum absolute atomic E-state index is 12.8. The van der Waals surface area contributed by atoms with Crippen LogP contribution < -0.4 is 10.6 Å². The number of benzene rings is 1. The van der Waals surface area contributed by atoms with Crippen LogP contribution in [0, 0.1) is 5.41 Å². The maximum atomic E-state index is 12.8. The summed E-state index contributed by atoms with van der Waals surface area (Å²) in [5, 5.41) is 5.70. The van der Waals surface area contributed by atoms with Gasteiger partial charge in [0, 0.05) is 13.1 Å². The molecule has 1 aromatic rings. The molecule has 2 rings (SSSR count). The third-order valence-corrected chi connectivity index (χ3v) is 3.68. The van der Waals surface area contributed by atoms with Gasteiger partial charge in [-0.1, -0.05) is 18.2 Å². The lowest BCUT2D eigenvalue weighted by Gasteiger charge is -2.22. The Balaban J connectivity index is 2.06. The highest BCUT2D eigenvalue weighted by molar-refractivity contribution is 5.82. The Bertz CT molecular complexity index is 493. The lowest BCUT2D eigenvalue weighted by Crippen LogP contribution is -2.40. The number of carbonyl (C=O) groups excluding carboxylic acids is 1. The third-order valence-electron chi connectivity index (χ3n) is 3.68. The summed E-state index contributed by atoms with van der Waals surface area (Å²) in [5.41, 5.74) is -1.15. The number of nitrogens with one attached hydrogen (secondary N) is 2. The van der Waals surface area contributed by atoms with Gasteiger partial charge in [0.15, 0.2) is 0 Å². The van der Waals surface area contributed by atoms with Gasteiger partial charge in [-0.3, -0.25) is 4.79 Å². The van der Waals surface area contributed by atoms with Gasteiger partial charge in [0.25, 0.3) is 0 Å². The number of hydrogen-bond acceptors (Lipinski definition) is 2. The SMILES string of the molecule is CC1(C(=O)NCc2ccccc2C(F)(F)F)CCNC1. The summed E-state index contributed by atoms with van der Waals surface area (Å²) >= 11 is 0. The summed E-state index contributed by atoms with van der Waals surface area (Å²) < 4.78 is 38.5. The molecule has 0 aromatic heterocycles. The van der Waals surface area contributed by atoms with E-state index in [9.17, 15) is 18.0 Å². The smallest absolute Gasteiger partial charge is 0.351 e. The highest BCUT2D eigenvalue weighted by Crippen LogP contribution is 2.32. The molecule has 0 radical (unpaired) electrons. The van der Waals surface area contributed by atoms with Gasteiger partial charge in [0.2, 0.25) is 5.91 Å². The Morgan fingerprint density at radius 1 is 1.40 bits per heavy atom. The van der Waals surface area contributed by atoms with Gasteiger partial charge in [0.05, 0.1) is 11.0 Å². The molecule has 1 unspecified atom stereocenters. The summed E-state index contributed by atoms with van der Waals surface area (Å²) in [6.07, 6.45) is -3.71. The van der Waals surface area contributed by atoms with Crippen molar-refractivity contribution < 1.29 is 18.0 Å². The summed E-state index contributed by atoms with van der Waals surface area (Å²) in [6.45, 7) is 3.02. The minimum Gasteiger partial charge on any atom is -0.351 e. The number of rotatable bonds is 3. The molecule has 1 atom stereocenters. The van der Waals surface area contributed by atoms with E-state index < -0.39 is 17.2 Å². The van der Waals surface area contributed by atoms with Crippen LogP contribution >= 0.6 is 0 Å². The molecule has 0 saturated carbocycles. The third kappa shape index (κ3) is 3.12. The molecule has 2 N–H and O–H groups in total. The van der Waals surface area contributed by atoms with Crippen LogP contribution in [-0.4, -0.2) is 19.0 Å². The second-order valence-electron chi connectivity index (χ2n) is 5.33. The van der Waals surface area contributed by atoms with Gasteiger partial charge in [-0.2, -0.15) is 13.2 Å². The molecule has 0 bridgehead atoms.